The average molecular weight is 1860 g/mol. The van der Waals surface area contributed by atoms with Crippen LogP contribution in [0.2, 0.25) is 30.3 Å². The molecule has 0 spiro atoms. The highest BCUT2D eigenvalue weighted by molar-refractivity contribution is 6.33. The number of nitrogens with one attached hydrogen (secondary N) is 5. The Labute approximate surface area is 756 Å². The highest BCUT2D eigenvalue weighted by atomic mass is 35.5. The van der Waals surface area contributed by atoms with Crippen LogP contribution in [0.4, 0.5) is 84.9 Å². The van der Waals surface area contributed by atoms with Crippen molar-refractivity contribution in [1.82, 2.24) is 75.0 Å². The average Bonchev–Trinajstić information content (AvgIpc) is 0.781. The van der Waals surface area contributed by atoms with Crippen LogP contribution in [0.1, 0.15) is 31.1 Å². The predicted octanol–water partition coefficient (Wildman–Crippen LogP) is 16.9. The molecule has 31 nitrogen and oxygen atoms in total. The summed E-state index contributed by atoms with van der Waals surface area (Å²) >= 11 is 35.6. The van der Waals surface area contributed by atoms with Crippen LogP contribution in [-0.4, -0.2) is 211 Å². The summed E-state index contributed by atoms with van der Waals surface area (Å²) in [5.74, 6) is -2.66. The van der Waals surface area contributed by atoms with Crippen LogP contribution >= 0.6 is 69.6 Å². The number of nitrogens with zero attached hydrogens (tertiary/aromatic N) is 18. The van der Waals surface area contributed by atoms with Crippen LogP contribution < -0.4 is 51.3 Å². The lowest BCUT2D eigenvalue weighted by Crippen LogP contribution is -2.22. The number of carboxylic acid groups (broad SMARTS) is 1. The van der Waals surface area contributed by atoms with Gasteiger partial charge in [-0.15, -0.1) is 0 Å². The number of halogens is 11. The quantitative estimate of drug-likeness (QED) is 0.0221. The van der Waals surface area contributed by atoms with E-state index in [1.54, 1.807) is 94.5 Å². The number of methoxy groups -OCH3 is 2. The molecule has 42 heteroatoms. The summed E-state index contributed by atoms with van der Waals surface area (Å²) in [6.07, 6.45) is 16.2. The van der Waals surface area contributed by atoms with Crippen molar-refractivity contribution in [3.63, 3.8) is 0 Å². The van der Waals surface area contributed by atoms with E-state index in [2.05, 4.69) is 90.8 Å². The van der Waals surface area contributed by atoms with Gasteiger partial charge in [-0.1, -0.05) is 69.6 Å². The number of aromatic nitrogens is 13. The molecule has 8 heterocycles. The zero-order chi connectivity index (χ0) is 93.2. The molecular weight excluding hydrogens is 1780 g/mol. The second-order valence-electron chi connectivity index (χ2n) is 27.5. The van der Waals surface area contributed by atoms with Crippen molar-refractivity contribution in [2.45, 2.75) is 0 Å². The van der Waals surface area contributed by atoms with E-state index in [9.17, 15) is 51.0 Å². The van der Waals surface area contributed by atoms with E-state index in [-0.39, 0.29) is 90.7 Å². The number of ether oxygens (including phenoxy) is 2. The molecule has 13 aromatic rings. The second-order valence-corrected chi connectivity index (χ2v) is 30.1. The van der Waals surface area contributed by atoms with Gasteiger partial charge in [-0.05, 0) is 123 Å². The summed E-state index contributed by atoms with van der Waals surface area (Å²) in [4.78, 5) is 121. The first-order valence-electron chi connectivity index (χ1n) is 37.1. The molecule has 0 aliphatic heterocycles. The summed E-state index contributed by atoms with van der Waals surface area (Å²) in [5, 5.41) is 23.3. The number of amides is 1. The Morgan fingerprint density at radius 2 is 0.717 bits per heavy atom. The molecule has 8 aromatic heterocycles. The lowest BCUT2D eigenvalue weighted by Gasteiger charge is -2.19. The summed E-state index contributed by atoms with van der Waals surface area (Å²) in [6.45, 7) is 0.358. The molecule has 662 valence electrons. The van der Waals surface area contributed by atoms with Crippen molar-refractivity contribution in [2.24, 2.45) is 0 Å². The van der Waals surface area contributed by atoms with Crippen LogP contribution in [0.25, 0.3) is 56.9 Å². The van der Waals surface area contributed by atoms with E-state index < -0.39 is 41.0 Å². The van der Waals surface area contributed by atoms with Gasteiger partial charge >= 0.3 is 17.9 Å². The Bertz CT molecular complexity index is 5990. The number of aromatic amines is 1. The molecule has 0 radical (unpaired) electrons. The van der Waals surface area contributed by atoms with Gasteiger partial charge in [0.25, 0.3) is 11.5 Å². The molecule has 0 bridgehead atoms. The van der Waals surface area contributed by atoms with Crippen molar-refractivity contribution in [3.05, 3.63) is 264 Å². The number of aromatic carboxylic acids is 1. The predicted molar refractivity (Wildman–Crippen MR) is 486 cm³/mol. The number of anilines is 11. The van der Waals surface area contributed by atoms with Gasteiger partial charge in [0.05, 0.1) is 125 Å². The topological polar surface area (TPSA) is 362 Å². The molecule has 0 aliphatic rings. The normalized spacial score (nSPS) is 10.4. The van der Waals surface area contributed by atoms with E-state index in [4.69, 9.17) is 74.3 Å². The number of pyridine rings is 3. The SMILES string of the molecule is CN(C)c1cnc(-c2cc(Cl)ccc2F)[nH]c1=O.CN(C)c1cnc(-c2cc(Cl)ccc2F)nc1Cl.CN(C)c1cnc(-c2cc(Cl)ccc2F)nc1Nc1ccncc1C(=O)O.CNC(=O)c1cnccc1Nc1nc(-c2cc(Cl)ccc2F)ncc1N(C)C.COC(=O)CN(C)C.COC(=O)c1cnccc1Nc1nc(-c2cc(Cl)ccc2F)ncc1N(C)C. The monoisotopic (exact) mass is 1860 g/mol. The Balaban J connectivity index is 0.000000194. The molecule has 0 atom stereocenters. The zero-order valence-electron chi connectivity index (χ0n) is 70.5. The first-order valence-corrected chi connectivity index (χ1v) is 39.3. The Kier molecular flexibility index (Phi) is 36.1. The van der Waals surface area contributed by atoms with Crippen molar-refractivity contribution in [3.8, 4) is 56.9 Å². The van der Waals surface area contributed by atoms with Gasteiger partial charge < -0.3 is 65.3 Å². The number of likely N-dealkylation sites (N-methyl/N-ethyl adjacent to an activating group) is 1. The Hall–Kier alpha value is -13.6. The molecule has 1 amide bonds. The number of H-pyrrole nitrogens is 1. The van der Waals surface area contributed by atoms with Crippen LogP contribution in [0, 0.1) is 29.1 Å². The molecule has 13 rings (SSSR count). The number of carboxylic acids is 1. The van der Waals surface area contributed by atoms with Gasteiger partial charge in [0.15, 0.2) is 45.9 Å². The van der Waals surface area contributed by atoms with Crippen molar-refractivity contribution in [1.29, 1.82) is 0 Å². The first kappa shape index (κ1) is 98.8. The Morgan fingerprint density at radius 3 is 1.03 bits per heavy atom. The number of rotatable bonds is 21. The molecule has 0 unspecified atom stereocenters. The maximum atomic E-state index is 14.3. The first-order chi connectivity index (χ1) is 60.3. The van der Waals surface area contributed by atoms with Gasteiger partial charge in [0.2, 0.25) is 0 Å². The van der Waals surface area contributed by atoms with Gasteiger partial charge in [-0.25, -0.2) is 76.4 Å². The third-order valence-corrected chi connectivity index (χ3v) is 18.5. The molecule has 0 saturated carbocycles. The molecule has 127 heavy (non-hydrogen) atoms. The summed E-state index contributed by atoms with van der Waals surface area (Å²) < 4.78 is 79.1. The second kappa shape index (κ2) is 46.4. The van der Waals surface area contributed by atoms with Crippen LogP contribution in [-0.2, 0) is 14.3 Å². The Morgan fingerprint density at radius 1 is 0.402 bits per heavy atom. The summed E-state index contributed by atoms with van der Waals surface area (Å²) in [7, 11) is 25.8. The highest BCUT2D eigenvalue weighted by Gasteiger charge is 2.23. The summed E-state index contributed by atoms with van der Waals surface area (Å²) in [6, 6.07) is 25.6. The van der Waals surface area contributed by atoms with Crippen LogP contribution in [0.3, 0.4) is 0 Å². The maximum Gasteiger partial charge on any atom is 0.341 e. The van der Waals surface area contributed by atoms with Crippen LogP contribution in [0.5, 0.6) is 0 Å². The largest absolute Gasteiger partial charge is 0.478 e. The third kappa shape index (κ3) is 27.4. The van der Waals surface area contributed by atoms with E-state index in [1.165, 1.54) is 162 Å². The van der Waals surface area contributed by atoms with E-state index >= 15 is 0 Å². The van der Waals surface area contributed by atoms with Crippen molar-refractivity contribution in [2.75, 3.05) is 153 Å². The van der Waals surface area contributed by atoms with Crippen LogP contribution in [0.15, 0.2) is 182 Å². The van der Waals surface area contributed by atoms with Gasteiger partial charge in [-0.3, -0.25) is 34.2 Å². The molecule has 0 saturated heterocycles. The molecule has 0 aliphatic carbocycles. The fourth-order valence-corrected chi connectivity index (χ4v) is 11.9. The minimum atomic E-state index is -1.13. The number of hydrogen-bond acceptors (Lipinski definition) is 28. The smallest absolute Gasteiger partial charge is 0.341 e. The number of carbonyl (C=O) groups is 4. The van der Waals surface area contributed by atoms with Gasteiger partial charge in [0.1, 0.15) is 51.7 Å². The van der Waals surface area contributed by atoms with E-state index in [1.807, 2.05) is 56.4 Å². The third-order valence-electron chi connectivity index (χ3n) is 17.1. The van der Waals surface area contributed by atoms with Crippen molar-refractivity contribution >= 4 is 156 Å². The van der Waals surface area contributed by atoms with E-state index in [0.717, 1.165) is 0 Å². The molecule has 0 fully saturated rings. The standard InChI is InChI=1S/C19H18ClFN6O.C19H17ClFN5O2.C18H15ClFN5O2.C12H10Cl2FN3.C12H11ClFN3O.C5H11NO2/c1-22-19(28)13-9-23-7-6-15(13)25-18-16(27(2)3)10-24-17(26-18)12-8-11(20)4-5-14(12)21;1-26(2)16-10-23-17(12-8-11(20)4-5-14(12)21)25-18(16)24-15-6-7-22-9-13(15)19(27)28-3;1-25(2)15-9-22-16(11-7-10(19)3-4-13(11)20)24-17(15)23-14-5-6-21-8-12(14)18(26)27;1-18(2)10-6-16-12(17-11(10)14)8-5-7(13)3-4-9(8)15;1-17(2)10-6-15-11(16-12(10)18)8-5-7(13)3-4-9(8)14;1-6(2)4-5(7)8-3/h4-10H,1-3H3,(H,22,28)(H,23,24,25,26);4-10H,1-3H3,(H,22,23,24,25);3-9H,1-2H3,(H,26,27)(H,21,22,23,24);3-6H,1-2H3;3-6H,1-2H3,(H,15,16,18);4H2,1-3H3. The zero-order valence-corrected chi connectivity index (χ0v) is 75.0. The number of carbonyl (C=O) groups excluding carboxylic acids is 3. The van der Waals surface area contributed by atoms with Crippen molar-refractivity contribution < 1.29 is 55.7 Å². The van der Waals surface area contributed by atoms with Gasteiger partial charge in [-0.2, -0.15) is 0 Å². The number of hydrogen-bond donors (Lipinski definition) is 6. The highest BCUT2D eigenvalue weighted by Crippen LogP contribution is 2.37. The molecule has 6 N–H and O–H groups in total. The lowest BCUT2D eigenvalue weighted by atomic mass is 10.2. The van der Waals surface area contributed by atoms with Gasteiger partial charge in [0, 0.05) is 140 Å². The minimum absolute atomic E-state index is 0.0173. The maximum absolute atomic E-state index is 14.3. The van der Waals surface area contributed by atoms with E-state index in [0.29, 0.717) is 100 Å². The lowest BCUT2D eigenvalue weighted by molar-refractivity contribution is -0.141. The molecular formula is C85H82Cl6F5N23O8. The molecule has 5 aromatic carbocycles. The minimum Gasteiger partial charge on any atom is -0.478 e. The number of benzene rings is 5. The number of esters is 2. The fourth-order valence-electron chi connectivity index (χ4n) is 10.7. The fraction of sp³-hybridized carbons (Fsp3) is 0.188. The summed E-state index contributed by atoms with van der Waals surface area (Å²) in [5.41, 5.74) is 5.36.